The first-order chi connectivity index (χ1) is 12.1. The van der Waals surface area contributed by atoms with Crippen molar-refractivity contribution < 1.29 is 14.3 Å². The Kier molecular flexibility index (Phi) is 6.21. The van der Waals surface area contributed by atoms with Gasteiger partial charge in [0.05, 0.1) is 18.8 Å². The molecule has 8 heteroatoms. The summed E-state index contributed by atoms with van der Waals surface area (Å²) in [5.74, 6) is 1.13. The number of nitrogens with zero attached hydrogens (tertiary/aromatic N) is 2. The normalized spacial score (nSPS) is 32.9. The van der Waals surface area contributed by atoms with Crippen LogP contribution < -0.4 is 11.1 Å². The maximum absolute atomic E-state index is 11.8. The number of amides is 1. The van der Waals surface area contributed by atoms with Crippen LogP contribution in [0.25, 0.3) is 0 Å². The van der Waals surface area contributed by atoms with E-state index in [1.807, 2.05) is 6.92 Å². The Hall–Kier alpha value is -0.770. The number of nitrogens with one attached hydrogen (secondary N) is 1. The Bertz CT molecular complexity index is 547. The standard InChI is InChI=1S/C18H30N4O3.HI/c1-2-24-17(23)22-9-4-12(5-10-22)20-16(19)21-14-13-6-11-25-15(13)18(14)7-3-8-18;/h12-15H,2-11H2,1H3,(H3,19,20,21);1H. The Labute approximate surface area is 172 Å². The van der Waals surface area contributed by atoms with Crippen molar-refractivity contribution in [1.29, 1.82) is 0 Å². The molecule has 2 saturated heterocycles. The molecule has 2 aliphatic carbocycles. The van der Waals surface area contributed by atoms with Crippen LogP contribution in [0, 0.1) is 11.3 Å². The lowest BCUT2D eigenvalue weighted by Gasteiger charge is -2.61. The number of nitrogens with two attached hydrogens (primary N) is 1. The number of fused-ring (bicyclic) bond motifs is 2. The van der Waals surface area contributed by atoms with Gasteiger partial charge >= 0.3 is 6.09 Å². The minimum atomic E-state index is -0.212. The van der Waals surface area contributed by atoms with E-state index in [-0.39, 0.29) is 41.5 Å². The topological polar surface area (TPSA) is 89.2 Å². The van der Waals surface area contributed by atoms with Gasteiger partial charge in [0, 0.05) is 37.1 Å². The van der Waals surface area contributed by atoms with Crippen LogP contribution in [-0.2, 0) is 9.47 Å². The molecule has 3 atom stereocenters. The number of carbonyl (C=O) groups is 1. The highest BCUT2D eigenvalue weighted by Crippen LogP contribution is 2.64. The van der Waals surface area contributed by atoms with Gasteiger partial charge in [0.1, 0.15) is 0 Å². The van der Waals surface area contributed by atoms with E-state index in [4.69, 9.17) is 20.2 Å². The lowest BCUT2D eigenvalue weighted by Crippen LogP contribution is -2.66. The number of aliphatic imine (C=N–C) groups is 1. The average Bonchev–Trinajstić information content (AvgIpc) is 2.97. The molecule has 3 N–H and O–H groups in total. The van der Waals surface area contributed by atoms with Gasteiger partial charge in [-0.25, -0.2) is 9.79 Å². The molecule has 2 aliphatic heterocycles. The summed E-state index contributed by atoms with van der Waals surface area (Å²) in [5.41, 5.74) is 6.51. The van der Waals surface area contributed by atoms with Crippen molar-refractivity contribution >= 4 is 36.0 Å². The molecule has 3 unspecified atom stereocenters. The molecule has 4 rings (SSSR count). The van der Waals surface area contributed by atoms with Crippen molar-refractivity contribution in [3.8, 4) is 0 Å². The van der Waals surface area contributed by atoms with Gasteiger partial charge in [0.2, 0.25) is 0 Å². The van der Waals surface area contributed by atoms with Crippen LogP contribution in [0.4, 0.5) is 4.79 Å². The van der Waals surface area contributed by atoms with Crippen LogP contribution in [0.5, 0.6) is 0 Å². The van der Waals surface area contributed by atoms with E-state index in [0.717, 1.165) is 25.9 Å². The summed E-state index contributed by atoms with van der Waals surface area (Å²) < 4.78 is 11.0. The van der Waals surface area contributed by atoms with Crippen LogP contribution in [0.1, 0.15) is 45.4 Å². The molecule has 4 fully saturated rings. The monoisotopic (exact) mass is 478 g/mol. The predicted molar refractivity (Wildman–Crippen MR) is 110 cm³/mol. The molecule has 1 spiro atoms. The van der Waals surface area contributed by atoms with Gasteiger partial charge in [0.25, 0.3) is 0 Å². The molecular formula is C18H31IN4O3. The zero-order valence-electron chi connectivity index (χ0n) is 15.5. The summed E-state index contributed by atoms with van der Waals surface area (Å²) in [7, 11) is 0. The van der Waals surface area contributed by atoms with Crippen LogP contribution in [0.3, 0.4) is 0 Å². The number of likely N-dealkylation sites (tertiary alicyclic amines) is 1. The largest absolute Gasteiger partial charge is 0.450 e. The first-order valence-corrected chi connectivity index (χ1v) is 9.77. The van der Waals surface area contributed by atoms with Gasteiger partial charge in [-0.2, -0.15) is 0 Å². The molecule has 0 aromatic rings. The molecule has 148 valence electrons. The minimum Gasteiger partial charge on any atom is -0.450 e. The first-order valence-electron chi connectivity index (χ1n) is 9.77. The summed E-state index contributed by atoms with van der Waals surface area (Å²) in [6.07, 6.45) is 6.83. The summed E-state index contributed by atoms with van der Waals surface area (Å²) in [5, 5.41) is 3.38. The van der Waals surface area contributed by atoms with Gasteiger partial charge < -0.3 is 25.4 Å². The number of ether oxygens (including phenoxy) is 2. The third-order valence-electron chi connectivity index (χ3n) is 6.63. The van der Waals surface area contributed by atoms with Gasteiger partial charge in [-0.05, 0) is 39.0 Å². The SMILES string of the molecule is CCOC(=O)N1CCC(NC(N)=NC2C3CCOC3C23CCC3)CC1.I. The average molecular weight is 478 g/mol. The third kappa shape index (κ3) is 3.39. The maximum Gasteiger partial charge on any atom is 0.409 e. The Morgan fingerprint density at radius 2 is 2.08 bits per heavy atom. The van der Waals surface area contributed by atoms with Crippen LogP contribution in [-0.4, -0.2) is 61.4 Å². The second kappa shape index (κ2) is 8.08. The van der Waals surface area contributed by atoms with E-state index in [1.54, 1.807) is 4.90 Å². The minimum absolute atomic E-state index is 0. The van der Waals surface area contributed by atoms with Crippen molar-refractivity contribution in [2.75, 3.05) is 26.3 Å². The summed E-state index contributed by atoms with van der Waals surface area (Å²) >= 11 is 0. The number of carbonyl (C=O) groups excluding carboxylic acids is 1. The number of guanidine groups is 1. The fourth-order valence-corrected chi connectivity index (χ4v) is 5.20. The Morgan fingerprint density at radius 3 is 2.69 bits per heavy atom. The molecule has 1 amide bonds. The molecule has 2 heterocycles. The highest BCUT2D eigenvalue weighted by molar-refractivity contribution is 14.0. The van der Waals surface area contributed by atoms with Gasteiger partial charge in [-0.3, -0.25) is 0 Å². The van der Waals surface area contributed by atoms with E-state index >= 15 is 0 Å². The Balaban J connectivity index is 0.00000196. The quantitative estimate of drug-likeness (QED) is 0.369. The van der Waals surface area contributed by atoms with Crippen molar-refractivity contribution in [2.45, 2.75) is 63.6 Å². The van der Waals surface area contributed by atoms with E-state index in [2.05, 4.69) is 5.32 Å². The van der Waals surface area contributed by atoms with Crippen molar-refractivity contribution in [1.82, 2.24) is 10.2 Å². The second-order valence-electron chi connectivity index (χ2n) is 7.89. The molecule has 0 aromatic heterocycles. The van der Waals surface area contributed by atoms with Crippen molar-refractivity contribution in [3.63, 3.8) is 0 Å². The molecule has 0 radical (unpaired) electrons. The van der Waals surface area contributed by atoms with Crippen LogP contribution in [0.15, 0.2) is 4.99 Å². The zero-order chi connectivity index (χ0) is 17.4. The molecule has 0 bridgehead atoms. The molecule has 0 aromatic carbocycles. The third-order valence-corrected chi connectivity index (χ3v) is 6.63. The van der Waals surface area contributed by atoms with E-state index < -0.39 is 0 Å². The number of rotatable bonds is 3. The fraction of sp³-hybridized carbons (Fsp3) is 0.889. The number of hydrogen-bond acceptors (Lipinski definition) is 4. The fourth-order valence-electron chi connectivity index (χ4n) is 5.20. The van der Waals surface area contributed by atoms with Crippen molar-refractivity contribution in [2.24, 2.45) is 22.1 Å². The van der Waals surface area contributed by atoms with E-state index in [0.29, 0.717) is 43.7 Å². The molecule has 4 aliphatic rings. The summed E-state index contributed by atoms with van der Waals surface area (Å²) in [4.78, 5) is 18.4. The predicted octanol–water partition coefficient (Wildman–Crippen LogP) is 2.09. The number of piperidine rings is 1. The first kappa shape index (κ1) is 20.0. The molecule has 7 nitrogen and oxygen atoms in total. The smallest absolute Gasteiger partial charge is 0.409 e. The van der Waals surface area contributed by atoms with E-state index in [9.17, 15) is 4.79 Å². The summed E-state index contributed by atoms with van der Waals surface area (Å²) in [6.45, 7) is 4.54. The zero-order valence-corrected chi connectivity index (χ0v) is 17.8. The second-order valence-corrected chi connectivity index (χ2v) is 7.89. The van der Waals surface area contributed by atoms with Gasteiger partial charge in [-0.1, -0.05) is 6.42 Å². The van der Waals surface area contributed by atoms with Crippen LogP contribution in [0.2, 0.25) is 0 Å². The van der Waals surface area contributed by atoms with Gasteiger partial charge in [0.15, 0.2) is 5.96 Å². The number of hydrogen-bond donors (Lipinski definition) is 2. The highest BCUT2D eigenvalue weighted by atomic mass is 127. The molecular weight excluding hydrogens is 447 g/mol. The summed E-state index contributed by atoms with van der Waals surface area (Å²) in [6, 6.07) is 0.614. The highest BCUT2D eigenvalue weighted by Gasteiger charge is 2.66. The lowest BCUT2D eigenvalue weighted by molar-refractivity contribution is -0.164. The van der Waals surface area contributed by atoms with Crippen LogP contribution >= 0.6 is 24.0 Å². The molecule has 26 heavy (non-hydrogen) atoms. The molecule has 2 saturated carbocycles. The van der Waals surface area contributed by atoms with Crippen molar-refractivity contribution in [3.05, 3.63) is 0 Å². The van der Waals surface area contributed by atoms with Gasteiger partial charge in [-0.15, -0.1) is 24.0 Å². The Morgan fingerprint density at radius 1 is 1.35 bits per heavy atom. The number of halogens is 1. The maximum atomic E-state index is 11.8. The van der Waals surface area contributed by atoms with E-state index in [1.165, 1.54) is 19.3 Å². The lowest BCUT2D eigenvalue weighted by atomic mass is 9.46.